The van der Waals surface area contributed by atoms with Gasteiger partial charge in [-0.1, -0.05) is 121 Å². The molecule has 0 atom stereocenters. The summed E-state index contributed by atoms with van der Waals surface area (Å²) in [5.41, 5.74) is 11.7. The van der Waals surface area contributed by atoms with Crippen molar-refractivity contribution in [1.29, 1.82) is 0 Å². The first kappa shape index (κ1) is 29.5. The number of aromatic nitrogens is 1. The van der Waals surface area contributed by atoms with Crippen molar-refractivity contribution in [2.45, 2.75) is 0 Å². The molecule has 0 N–H and O–H groups in total. The Balaban J connectivity index is 1.26. The average Bonchev–Trinajstić information content (AvgIpc) is 3.74. The Hall–Kier alpha value is -6.42. The summed E-state index contributed by atoms with van der Waals surface area (Å²) in [5.74, 6) is 0. The SMILES string of the molecule is c1ccc(N(c2ccccc2)c2ccc(-c3ccccc3-n3c4ccccc4c4ccccc43)c(-c3ccc4sc5ccccc5c4c3)c2)cc1. The lowest BCUT2D eigenvalue weighted by Crippen LogP contribution is -2.10. The van der Waals surface area contributed by atoms with E-state index in [0.29, 0.717) is 0 Å². The summed E-state index contributed by atoms with van der Waals surface area (Å²) in [6.07, 6.45) is 0. The van der Waals surface area contributed by atoms with E-state index in [1.54, 1.807) is 0 Å². The fourth-order valence-electron chi connectivity index (χ4n) is 7.72. The normalized spacial score (nSPS) is 11.5. The molecule has 2 heterocycles. The Morgan fingerprint density at radius 3 is 1.63 bits per heavy atom. The lowest BCUT2D eigenvalue weighted by molar-refractivity contribution is 1.18. The zero-order valence-electron chi connectivity index (χ0n) is 27.8. The Morgan fingerprint density at radius 2 is 0.922 bits per heavy atom. The maximum Gasteiger partial charge on any atom is 0.0541 e. The molecule has 0 unspecified atom stereocenters. The van der Waals surface area contributed by atoms with Crippen LogP contribution >= 0.6 is 11.3 Å². The number of rotatable bonds is 6. The van der Waals surface area contributed by atoms with Gasteiger partial charge in [0.15, 0.2) is 0 Å². The molecule has 0 bridgehead atoms. The van der Waals surface area contributed by atoms with Crippen molar-refractivity contribution in [2.24, 2.45) is 0 Å². The molecule has 3 heteroatoms. The molecule has 0 spiro atoms. The second-order valence-electron chi connectivity index (χ2n) is 12.9. The first-order chi connectivity index (χ1) is 25.3. The van der Waals surface area contributed by atoms with Crippen molar-refractivity contribution in [3.8, 4) is 27.9 Å². The van der Waals surface area contributed by atoms with Crippen LogP contribution in [0.1, 0.15) is 0 Å². The van der Waals surface area contributed by atoms with Gasteiger partial charge in [-0.05, 0) is 89.5 Å². The maximum absolute atomic E-state index is 2.44. The molecule has 0 aliphatic heterocycles. The van der Waals surface area contributed by atoms with Gasteiger partial charge in [0, 0.05) is 53.6 Å². The van der Waals surface area contributed by atoms with Crippen LogP contribution in [0.4, 0.5) is 17.1 Å². The van der Waals surface area contributed by atoms with Gasteiger partial charge < -0.3 is 9.47 Å². The molecule has 0 saturated carbocycles. The Bertz CT molecular complexity index is 2770. The van der Waals surface area contributed by atoms with E-state index in [-0.39, 0.29) is 0 Å². The van der Waals surface area contributed by atoms with Gasteiger partial charge in [-0.15, -0.1) is 11.3 Å². The van der Waals surface area contributed by atoms with E-state index in [1.165, 1.54) is 64.2 Å². The molecular formula is C48H32N2S. The highest BCUT2D eigenvalue weighted by atomic mass is 32.1. The minimum atomic E-state index is 1.11. The zero-order valence-corrected chi connectivity index (χ0v) is 28.6. The quantitative estimate of drug-likeness (QED) is 0.171. The monoisotopic (exact) mass is 668 g/mol. The highest BCUT2D eigenvalue weighted by Gasteiger charge is 2.20. The molecule has 0 aliphatic rings. The van der Waals surface area contributed by atoms with Crippen LogP contribution in [0.15, 0.2) is 194 Å². The first-order valence-corrected chi connectivity index (χ1v) is 18.2. The summed E-state index contributed by atoms with van der Waals surface area (Å²) < 4.78 is 5.06. The molecule has 10 rings (SSSR count). The largest absolute Gasteiger partial charge is 0.310 e. The minimum absolute atomic E-state index is 1.11. The lowest BCUT2D eigenvalue weighted by atomic mass is 9.91. The maximum atomic E-state index is 2.44. The number of hydrogen-bond acceptors (Lipinski definition) is 2. The van der Waals surface area contributed by atoms with E-state index in [1.807, 2.05) is 11.3 Å². The lowest BCUT2D eigenvalue weighted by Gasteiger charge is -2.27. The molecule has 10 aromatic rings. The molecule has 2 aromatic heterocycles. The Kier molecular flexibility index (Phi) is 7.04. The number of anilines is 3. The summed E-state index contributed by atoms with van der Waals surface area (Å²) in [6, 6.07) is 70.4. The van der Waals surface area contributed by atoms with Crippen LogP contribution < -0.4 is 4.90 Å². The van der Waals surface area contributed by atoms with Crippen molar-refractivity contribution in [3.05, 3.63) is 194 Å². The predicted octanol–water partition coefficient (Wildman–Crippen LogP) is 14.0. The third-order valence-corrected chi connectivity index (χ3v) is 11.1. The number of nitrogens with zero attached hydrogens (tertiary/aromatic N) is 2. The van der Waals surface area contributed by atoms with Gasteiger partial charge in [0.1, 0.15) is 0 Å². The summed E-state index contributed by atoms with van der Waals surface area (Å²) in [4.78, 5) is 2.35. The molecule has 0 fully saturated rings. The van der Waals surface area contributed by atoms with Crippen LogP contribution in [0.5, 0.6) is 0 Å². The predicted molar refractivity (Wildman–Crippen MR) is 219 cm³/mol. The van der Waals surface area contributed by atoms with E-state index in [9.17, 15) is 0 Å². The number of fused-ring (bicyclic) bond motifs is 6. The summed E-state index contributed by atoms with van der Waals surface area (Å²) in [6.45, 7) is 0. The van der Waals surface area contributed by atoms with Crippen LogP contribution in [0.25, 0.3) is 69.9 Å². The van der Waals surface area contributed by atoms with Crippen LogP contribution in [-0.4, -0.2) is 4.57 Å². The third kappa shape index (κ3) is 4.93. The van der Waals surface area contributed by atoms with Crippen LogP contribution in [0, 0.1) is 0 Å². The van der Waals surface area contributed by atoms with Gasteiger partial charge in [-0.2, -0.15) is 0 Å². The first-order valence-electron chi connectivity index (χ1n) is 17.4. The van der Waals surface area contributed by atoms with Gasteiger partial charge in [-0.25, -0.2) is 0 Å². The fraction of sp³-hybridized carbons (Fsp3) is 0. The molecule has 8 aromatic carbocycles. The van der Waals surface area contributed by atoms with E-state index in [0.717, 1.165) is 22.7 Å². The fourth-order valence-corrected chi connectivity index (χ4v) is 8.80. The Labute approximate surface area is 300 Å². The highest BCUT2D eigenvalue weighted by Crippen LogP contribution is 2.45. The van der Waals surface area contributed by atoms with Gasteiger partial charge in [0.2, 0.25) is 0 Å². The summed E-state index contributed by atoms with van der Waals surface area (Å²) in [5, 5.41) is 5.12. The minimum Gasteiger partial charge on any atom is -0.310 e. The van der Waals surface area contributed by atoms with E-state index in [2.05, 4.69) is 204 Å². The second-order valence-corrected chi connectivity index (χ2v) is 14.0. The van der Waals surface area contributed by atoms with Crippen molar-refractivity contribution in [3.63, 3.8) is 0 Å². The third-order valence-electron chi connectivity index (χ3n) is 9.99. The van der Waals surface area contributed by atoms with E-state index >= 15 is 0 Å². The van der Waals surface area contributed by atoms with Gasteiger partial charge in [0.05, 0.1) is 16.7 Å². The molecule has 51 heavy (non-hydrogen) atoms. The van der Waals surface area contributed by atoms with Crippen molar-refractivity contribution < 1.29 is 0 Å². The van der Waals surface area contributed by atoms with Gasteiger partial charge in [-0.3, -0.25) is 0 Å². The average molecular weight is 669 g/mol. The van der Waals surface area contributed by atoms with Gasteiger partial charge in [0.25, 0.3) is 0 Å². The second kappa shape index (κ2) is 12.2. The van der Waals surface area contributed by atoms with E-state index < -0.39 is 0 Å². The molecule has 0 aliphatic carbocycles. The molecule has 2 nitrogen and oxygen atoms in total. The standard InChI is InChI=1S/C48H32N2S/c1-3-15-34(16-4-1)49(35-17-5-2-6-18-35)36-28-29-37(42(32-36)33-27-30-48-43(31-33)41-22-10-14-26-47(41)51-48)38-19-7-11-23-44(38)50-45-24-12-8-20-39(45)40-21-9-13-25-46(40)50/h1-32H. The molecule has 0 amide bonds. The topological polar surface area (TPSA) is 8.17 Å². The number of benzene rings is 8. The Morgan fingerprint density at radius 1 is 0.353 bits per heavy atom. The smallest absolute Gasteiger partial charge is 0.0541 e. The van der Waals surface area contributed by atoms with Crippen molar-refractivity contribution >= 4 is 70.4 Å². The molecule has 0 radical (unpaired) electrons. The molecular weight excluding hydrogens is 637 g/mol. The highest BCUT2D eigenvalue weighted by molar-refractivity contribution is 7.25. The van der Waals surface area contributed by atoms with Crippen LogP contribution in [0.2, 0.25) is 0 Å². The van der Waals surface area contributed by atoms with E-state index in [4.69, 9.17) is 0 Å². The van der Waals surface area contributed by atoms with Crippen molar-refractivity contribution in [1.82, 2.24) is 4.57 Å². The van der Waals surface area contributed by atoms with Gasteiger partial charge >= 0.3 is 0 Å². The zero-order chi connectivity index (χ0) is 33.7. The number of thiophene rings is 1. The molecule has 0 saturated heterocycles. The van der Waals surface area contributed by atoms with Crippen LogP contribution in [0.3, 0.4) is 0 Å². The number of hydrogen-bond donors (Lipinski definition) is 0. The van der Waals surface area contributed by atoms with Crippen LogP contribution in [-0.2, 0) is 0 Å². The summed E-state index contributed by atoms with van der Waals surface area (Å²) >= 11 is 1.86. The molecule has 240 valence electrons. The number of para-hydroxylation sites is 5. The summed E-state index contributed by atoms with van der Waals surface area (Å²) in [7, 11) is 0. The van der Waals surface area contributed by atoms with Crippen molar-refractivity contribution in [2.75, 3.05) is 4.90 Å².